The lowest BCUT2D eigenvalue weighted by molar-refractivity contribution is 0.00700. The first kappa shape index (κ1) is 26.2. The number of nitrogens with one attached hydrogen (secondary N) is 3. The third-order valence-corrected chi connectivity index (χ3v) is 4.93. The van der Waals surface area contributed by atoms with E-state index in [4.69, 9.17) is 4.74 Å². The molecule has 1 heterocycles. The van der Waals surface area contributed by atoms with E-state index in [1.54, 1.807) is 11.8 Å². The Labute approximate surface area is 180 Å². The lowest BCUT2D eigenvalue weighted by Gasteiger charge is -2.40. The Hall–Kier alpha value is -0.820. The van der Waals surface area contributed by atoms with Crippen LogP contribution in [0, 0.1) is 0 Å². The van der Waals surface area contributed by atoms with Crippen LogP contribution >= 0.6 is 24.0 Å². The van der Waals surface area contributed by atoms with E-state index in [1.165, 1.54) is 0 Å². The summed E-state index contributed by atoms with van der Waals surface area (Å²) in [4.78, 5) is 18.0. The van der Waals surface area contributed by atoms with Crippen molar-refractivity contribution in [3.05, 3.63) is 0 Å². The number of amides is 1. The van der Waals surface area contributed by atoms with E-state index in [-0.39, 0.29) is 41.9 Å². The van der Waals surface area contributed by atoms with Crippen molar-refractivity contribution in [2.75, 3.05) is 38.5 Å². The molecule has 0 aliphatic carbocycles. The second-order valence-electron chi connectivity index (χ2n) is 7.14. The van der Waals surface area contributed by atoms with Gasteiger partial charge in [-0.3, -0.25) is 4.99 Å². The Balaban J connectivity index is 0.00000676. The van der Waals surface area contributed by atoms with Gasteiger partial charge in [-0.05, 0) is 41.0 Å². The summed E-state index contributed by atoms with van der Waals surface area (Å²) >= 11 is 0. The molecule has 0 bridgehead atoms. The molecule has 160 valence electrons. The van der Waals surface area contributed by atoms with E-state index in [1.807, 2.05) is 27.7 Å². The SMILES string of the molecule is CCNC(=NCCCNS(=O)(=O)CC)NC1CN(C(=O)OC(C)(C)C)C1.I. The second-order valence-corrected chi connectivity index (χ2v) is 9.23. The predicted molar refractivity (Wildman–Crippen MR) is 118 cm³/mol. The van der Waals surface area contributed by atoms with E-state index in [9.17, 15) is 13.2 Å². The number of likely N-dealkylation sites (tertiary alicyclic amines) is 1. The number of carbonyl (C=O) groups is 1. The van der Waals surface area contributed by atoms with Crippen molar-refractivity contribution in [3.8, 4) is 0 Å². The number of hydrogen-bond acceptors (Lipinski definition) is 5. The van der Waals surface area contributed by atoms with Gasteiger partial charge in [0.2, 0.25) is 10.0 Å². The maximum Gasteiger partial charge on any atom is 0.410 e. The molecule has 27 heavy (non-hydrogen) atoms. The van der Waals surface area contributed by atoms with E-state index >= 15 is 0 Å². The molecule has 11 heteroatoms. The average molecular weight is 519 g/mol. The Bertz CT molecular complexity index is 586. The molecule has 1 saturated heterocycles. The van der Waals surface area contributed by atoms with Gasteiger partial charge in [0.05, 0.1) is 11.8 Å². The molecular weight excluding hydrogens is 485 g/mol. The Morgan fingerprint density at radius 1 is 1.26 bits per heavy atom. The molecule has 0 aromatic carbocycles. The Kier molecular flexibility index (Phi) is 11.5. The third-order valence-electron chi connectivity index (χ3n) is 3.53. The molecule has 1 aliphatic heterocycles. The largest absolute Gasteiger partial charge is 0.444 e. The number of sulfonamides is 1. The van der Waals surface area contributed by atoms with Gasteiger partial charge >= 0.3 is 6.09 Å². The van der Waals surface area contributed by atoms with Gasteiger partial charge in [-0.15, -0.1) is 24.0 Å². The topological polar surface area (TPSA) is 112 Å². The highest BCUT2D eigenvalue weighted by atomic mass is 127. The normalized spacial score (nSPS) is 15.6. The van der Waals surface area contributed by atoms with Gasteiger partial charge in [-0.25, -0.2) is 17.9 Å². The molecular formula is C16H34IN5O4S. The average Bonchev–Trinajstić information content (AvgIpc) is 2.47. The number of guanidine groups is 1. The highest BCUT2D eigenvalue weighted by Crippen LogP contribution is 2.15. The van der Waals surface area contributed by atoms with Crippen molar-refractivity contribution in [3.63, 3.8) is 0 Å². The van der Waals surface area contributed by atoms with Crippen LogP contribution < -0.4 is 15.4 Å². The molecule has 3 N–H and O–H groups in total. The van der Waals surface area contributed by atoms with Crippen LogP contribution in [0.4, 0.5) is 4.79 Å². The predicted octanol–water partition coefficient (Wildman–Crippen LogP) is 1.11. The maximum absolute atomic E-state index is 11.9. The number of aliphatic imine (C=N–C) groups is 1. The molecule has 0 spiro atoms. The third kappa shape index (κ3) is 10.9. The van der Waals surface area contributed by atoms with Crippen molar-refractivity contribution >= 4 is 46.1 Å². The van der Waals surface area contributed by atoms with Crippen molar-refractivity contribution in [1.29, 1.82) is 0 Å². The van der Waals surface area contributed by atoms with Gasteiger partial charge in [-0.2, -0.15) is 0 Å². The highest BCUT2D eigenvalue weighted by Gasteiger charge is 2.34. The fourth-order valence-electron chi connectivity index (χ4n) is 2.16. The standard InChI is InChI=1S/C16H33N5O4S.HI/c1-6-17-14(18-9-8-10-19-26(23,24)7-2)20-13-11-21(12-13)15(22)25-16(3,4)5;/h13,19H,6-12H2,1-5H3,(H2,17,18,20);1H. The summed E-state index contributed by atoms with van der Waals surface area (Å²) in [6.45, 7) is 11.8. The highest BCUT2D eigenvalue weighted by molar-refractivity contribution is 14.0. The maximum atomic E-state index is 11.9. The molecule has 0 aromatic heterocycles. The molecule has 0 radical (unpaired) electrons. The van der Waals surface area contributed by atoms with Crippen LogP contribution in [0.1, 0.15) is 41.0 Å². The molecule has 0 saturated carbocycles. The van der Waals surface area contributed by atoms with Gasteiger partial charge in [0.15, 0.2) is 5.96 Å². The van der Waals surface area contributed by atoms with Crippen LogP contribution in [0.2, 0.25) is 0 Å². The van der Waals surface area contributed by atoms with Crippen LogP contribution in [-0.4, -0.2) is 75.5 Å². The van der Waals surface area contributed by atoms with Crippen LogP contribution in [0.3, 0.4) is 0 Å². The summed E-state index contributed by atoms with van der Waals surface area (Å²) in [7, 11) is -3.15. The molecule has 9 nitrogen and oxygen atoms in total. The zero-order valence-corrected chi connectivity index (χ0v) is 20.0. The first-order valence-corrected chi connectivity index (χ1v) is 10.7. The summed E-state index contributed by atoms with van der Waals surface area (Å²) in [6, 6.07) is 0.124. The van der Waals surface area contributed by atoms with Crippen molar-refractivity contribution in [2.24, 2.45) is 4.99 Å². The number of rotatable bonds is 8. The van der Waals surface area contributed by atoms with Crippen molar-refractivity contribution in [2.45, 2.75) is 52.7 Å². The summed E-state index contributed by atoms with van der Waals surface area (Å²) < 4.78 is 30.5. The summed E-state index contributed by atoms with van der Waals surface area (Å²) in [6.07, 6.45) is 0.311. The van der Waals surface area contributed by atoms with Crippen molar-refractivity contribution < 1.29 is 17.9 Å². The van der Waals surface area contributed by atoms with Crippen LogP contribution in [-0.2, 0) is 14.8 Å². The monoisotopic (exact) mass is 519 g/mol. The Morgan fingerprint density at radius 2 is 1.89 bits per heavy atom. The molecule has 1 rings (SSSR count). The smallest absolute Gasteiger partial charge is 0.410 e. The number of nitrogens with zero attached hydrogens (tertiary/aromatic N) is 2. The lowest BCUT2D eigenvalue weighted by Crippen LogP contribution is -2.63. The lowest BCUT2D eigenvalue weighted by atomic mass is 10.1. The van der Waals surface area contributed by atoms with Gasteiger partial charge < -0.3 is 20.3 Å². The minimum absolute atomic E-state index is 0. The van der Waals surface area contributed by atoms with E-state index in [2.05, 4.69) is 20.3 Å². The zero-order chi connectivity index (χ0) is 19.8. The molecule has 0 aromatic rings. The van der Waals surface area contributed by atoms with Gasteiger partial charge in [0.1, 0.15) is 5.60 Å². The van der Waals surface area contributed by atoms with E-state index in [0.29, 0.717) is 38.6 Å². The Morgan fingerprint density at radius 3 is 2.41 bits per heavy atom. The first-order chi connectivity index (χ1) is 12.1. The minimum atomic E-state index is -3.15. The second kappa shape index (κ2) is 11.9. The number of ether oxygens (including phenoxy) is 1. The van der Waals surface area contributed by atoms with Crippen molar-refractivity contribution in [1.82, 2.24) is 20.3 Å². The first-order valence-electron chi connectivity index (χ1n) is 9.06. The fourth-order valence-corrected chi connectivity index (χ4v) is 2.82. The molecule has 1 fully saturated rings. The van der Waals surface area contributed by atoms with Crippen LogP contribution in [0.15, 0.2) is 4.99 Å². The van der Waals surface area contributed by atoms with E-state index < -0.39 is 15.6 Å². The quantitative estimate of drug-likeness (QED) is 0.192. The fraction of sp³-hybridized carbons (Fsp3) is 0.875. The minimum Gasteiger partial charge on any atom is -0.444 e. The van der Waals surface area contributed by atoms with Gasteiger partial charge in [0.25, 0.3) is 0 Å². The zero-order valence-electron chi connectivity index (χ0n) is 16.9. The van der Waals surface area contributed by atoms with Gasteiger partial charge in [-0.1, -0.05) is 0 Å². The summed E-state index contributed by atoms with van der Waals surface area (Å²) in [5, 5.41) is 6.42. The van der Waals surface area contributed by atoms with Crippen LogP contribution in [0.25, 0.3) is 0 Å². The van der Waals surface area contributed by atoms with Gasteiger partial charge in [0, 0.05) is 32.7 Å². The number of halogens is 1. The molecule has 1 aliphatic rings. The van der Waals surface area contributed by atoms with E-state index in [0.717, 1.165) is 6.54 Å². The van der Waals surface area contributed by atoms with Crippen LogP contribution in [0.5, 0.6) is 0 Å². The summed E-state index contributed by atoms with van der Waals surface area (Å²) in [5.74, 6) is 0.746. The number of carbonyl (C=O) groups excluding carboxylic acids is 1. The summed E-state index contributed by atoms with van der Waals surface area (Å²) in [5.41, 5.74) is -0.495. The molecule has 0 unspecified atom stereocenters. The number of hydrogen-bond donors (Lipinski definition) is 3. The molecule has 1 amide bonds. The molecule has 0 atom stereocenters.